The molecule has 0 aromatic heterocycles. The maximum absolute atomic E-state index is 3.49. The van der Waals surface area contributed by atoms with Crippen molar-refractivity contribution in [3.05, 3.63) is 0 Å². The molecule has 13 heavy (non-hydrogen) atoms. The van der Waals surface area contributed by atoms with E-state index in [0.29, 0.717) is 0 Å². The fourth-order valence-electron chi connectivity index (χ4n) is 2.63. The van der Waals surface area contributed by atoms with Crippen molar-refractivity contribution in [3.63, 3.8) is 0 Å². The van der Waals surface area contributed by atoms with Gasteiger partial charge in [0.15, 0.2) is 0 Å². The van der Waals surface area contributed by atoms with Crippen molar-refractivity contribution < 1.29 is 0 Å². The highest BCUT2D eigenvalue weighted by molar-refractivity contribution is 4.73. The molecule has 1 heteroatoms. The van der Waals surface area contributed by atoms with Gasteiger partial charge in [-0.3, -0.25) is 0 Å². The predicted molar refractivity (Wildman–Crippen MR) is 56.8 cm³/mol. The Hall–Kier alpha value is -0.0400. The summed E-state index contributed by atoms with van der Waals surface area (Å²) in [5.74, 6) is 2.17. The van der Waals surface area contributed by atoms with Crippen molar-refractivity contribution in [3.8, 4) is 0 Å². The van der Waals surface area contributed by atoms with Crippen molar-refractivity contribution >= 4 is 0 Å². The lowest BCUT2D eigenvalue weighted by Crippen LogP contribution is -2.15. The number of rotatable bonds is 3. The van der Waals surface area contributed by atoms with Gasteiger partial charge in [-0.15, -0.1) is 0 Å². The van der Waals surface area contributed by atoms with Crippen LogP contribution in [0, 0.1) is 11.8 Å². The van der Waals surface area contributed by atoms with E-state index in [-0.39, 0.29) is 0 Å². The lowest BCUT2D eigenvalue weighted by Gasteiger charge is -2.27. The van der Waals surface area contributed by atoms with E-state index >= 15 is 0 Å². The molecule has 0 aromatic rings. The van der Waals surface area contributed by atoms with Gasteiger partial charge in [0.1, 0.15) is 0 Å². The predicted octanol–water partition coefficient (Wildman–Crippen LogP) is 2.96. The largest absolute Gasteiger partial charge is 0.317 e. The van der Waals surface area contributed by atoms with Crippen LogP contribution in [0.5, 0.6) is 0 Å². The van der Waals surface area contributed by atoms with Crippen LogP contribution in [0.3, 0.4) is 0 Å². The Morgan fingerprint density at radius 2 is 1.46 bits per heavy atom. The third kappa shape index (κ3) is 2.98. The molecule has 1 nitrogen and oxygen atoms in total. The van der Waals surface area contributed by atoms with Crippen LogP contribution in [0.15, 0.2) is 0 Å². The van der Waals surface area contributed by atoms with Gasteiger partial charge in [-0.25, -0.2) is 0 Å². The zero-order valence-electron chi connectivity index (χ0n) is 8.73. The van der Waals surface area contributed by atoms with E-state index in [4.69, 9.17) is 0 Å². The summed E-state index contributed by atoms with van der Waals surface area (Å²) in [5.41, 5.74) is 0. The third-order valence-corrected chi connectivity index (χ3v) is 3.90. The first-order valence-corrected chi connectivity index (χ1v) is 6.16. The van der Waals surface area contributed by atoms with Crippen molar-refractivity contribution in [2.75, 3.05) is 13.1 Å². The van der Waals surface area contributed by atoms with E-state index < -0.39 is 0 Å². The second-order valence-corrected chi connectivity index (χ2v) is 4.92. The van der Waals surface area contributed by atoms with Crippen molar-refractivity contribution in [1.82, 2.24) is 5.32 Å². The highest BCUT2D eigenvalue weighted by Crippen LogP contribution is 2.33. The fraction of sp³-hybridized carbons (Fsp3) is 1.00. The first kappa shape index (κ1) is 9.51. The standard InChI is InChI=1S/C12H23N/c1-3-11(4-1)6-7-12-5-2-9-13-10-8-12/h11-13H,1-10H2. The molecule has 1 heterocycles. The Labute approximate surface area is 82.3 Å². The molecule has 1 aliphatic heterocycles. The molecule has 2 aliphatic rings. The summed E-state index contributed by atoms with van der Waals surface area (Å²) in [4.78, 5) is 0. The molecular formula is C12H23N. The van der Waals surface area contributed by atoms with E-state index in [0.717, 1.165) is 11.8 Å². The van der Waals surface area contributed by atoms with Gasteiger partial charge in [-0.1, -0.05) is 32.1 Å². The first-order valence-electron chi connectivity index (χ1n) is 6.16. The molecule has 76 valence electrons. The van der Waals surface area contributed by atoms with E-state index in [1.807, 2.05) is 0 Å². The average molecular weight is 181 g/mol. The molecule has 0 bridgehead atoms. The third-order valence-electron chi connectivity index (χ3n) is 3.90. The lowest BCUT2D eigenvalue weighted by atomic mass is 9.79. The minimum Gasteiger partial charge on any atom is -0.317 e. The molecule has 1 atom stereocenters. The van der Waals surface area contributed by atoms with Gasteiger partial charge in [0.05, 0.1) is 0 Å². The summed E-state index contributed by atoms with van der Waals surface area (Å²) >= 11 is 0. The van der Waals surface area contributed by atoms with Gasteiger partial charge in [0.25, 0.3) is 0 Å². The molecule has 0 spiro atoms. The highest BCUT2D eigenvalue weighted by atomic mass is 14.8. The maximum atomic E-state index is 3.49. The van der Waals surface area contributed by atoms with Crippen LogP contribution in [-0.2, 0) is 0 Å². The second-order valence-electron chi connectivity index (χ2n) is 4.92. The van der Waals surface area contributed by atoms with Crippen molar-refractivity contribution in [2.45, 2.75) is 51.4 Å². The molecule has 1 N–H and O–H groups in total. The van der Waals surface area contributed by atoms with Crippen LogP contribution in [0.4, 0.5) is 0 Å². The van der Waals surface area contributed by atoms with E-state index in [2.05, 4.69) is 5.32 Å². The zero-order chi connectivity index (χ0) is 8.93. The Morgan fingerprint density at radius 1 is 0.769 bits per heavy atom. The van der Waals surface area contributed by atoms with E-state index in [1.165, 1.54) is 64.5 Å². The quantitative estimate of drug-likeness (QED) is 0.706. The molecule has 1 saturated carbocycles. The van der Waals surface area contributed by atoms with Gasteiger partial charge in [-0.2, -0.15) is 0 Å². The van der Waals surface area contributed by atoms with Crippen LogP contribution in [0.2, 0.25) is 0 Å². The summed E-state index contributed by atoms with van der Waals surface area (Å²) in [6.45, 7) is 2.54. The first-order chi connectivity index (χ1) is 6.45. The Morgan fingerprint density at radius 3 is 2.15 bits per heavy atom. The number of nitrogens with one attached hydrogen (secondary N) is 1. The summed E-state index contributed by atoms with van der Waals surface area (Å²) in [6.07, 6.45) is 12.0. The van der Waals surface area contributed by atoms with Gasteiger partial charge in [0.2, 0.25) is 0 Å². The van der Waals surface area contributed by atoms with Gasteiger partial charge in [-0.05, 0) is 44.2 Å². The number of hydrogen-bond donors (Lipinski definition) is 1. The van der Waals surface area contributed by atoms with Crippen LogP contribution in [0.1, 0.15) is 51.4 Å². The maximum Gasteiger partial charge on any atom is -0.00463 e. The summed E-state index contributed by atoms with van der Waals surface area (Å²) in [6, 6.07) is 0. The molecule has 0 aromatic carbocycles. The Bertz CT molecular complexity index is 132. The van der Waals surface area contributed by atoms with E-state index in [9.17, 15) is 0 Å². The molecule has 0 amide bonds. The summed E-state index contributed by atoms with van der Waals surface area (Å²) < 4.78 is 0. The normalized spacial score (nSPS) is 30.9. The molecule has 1 saturated heterocycles. The average Bonchev–Trinajstić information content (AvgIpc) is 2.30. The van der Waals surface area contributed by atoms with Gasteiger partial charge >= 0.3 is 0 Å². The fourth-order valence-corrected chi connectivity index (χ4v) is 2.63. The van der Waals surface area contributed by atoms with E-state index in [1.54, 1.807) is 0 Å². The van der Waals surface area contributed by atoms with Crippen LogP contribution >= 0.6 is 0 Å². The zero-order valence-corrected chi connectivity index (χ0v) is 8.73. The molecule has 1 unspecified atom stereocenters. The Balaban J connectivity index is 1.61. The van der Waals surface area contributed by atoms with Crippen LogP contribution < -0.4 is 5.32 Å². The molecule has 1 aliphatic carbocycles. The smallest absolute Gasteiger partial charge is 0.00463 e. The second kappa shape index (κ2) is 4.99. The van der Waals surface area contributed by atoms with Crippen molar-refractivity contribution in [1.29, 1.82) is 0 Å². The number of hydrogen-bond acceptors (Lipinski definition) is 1. The molecule has 0 radical (unpaired) electrons. The summed E-state index contributed by atoms with van der Waals surface area (Å²) in [5, 5.41) is 3.49. The van der Waals surface area contributed by atoms with Crippen LogP contribution in [0.25, 0.3) is 0 Å². The highest BCUT2D eigenvalue weighted by Gasteiger charge is 2.19. The molecular weight excluding hydrogens is 158 g/mol. The van der Waals surface area contributed by atoms with Gasteiger partial charge in [0, 0.05) is 0 Å². The lowest BCUT2D eigenvalue weighted by molar-refractivity contribution is 0.263. The molecule has 2 fully saturated rings. The summed E-state index contributed by atoms with van der Waals surface area (Å²) in [7, 11) is 0. The minimum absolute atomic E-state index is 1.05. The Kier molecular flexibility index (Phi) is 3.65. The van der Waals surface area contributed by atoms with Crippen LogP contribution in [-0.4, -0.2) is 13.1 Å². The molecule has 2 rings (SSSR count). The topological polar surface area (TPSA) is 12.0 Å². The minimum atomic E-state index is 1.05. The SMILES string of the molecule is C1CC(CCC2CCCNCC2)C1. The van der Waals surface area contributed by atoms with Gasteiger partial charge < -0.3 is 5.32 Å². The van der Waals surface area contributed by atoms with Crippen molar-refractivity contribution in [2.24, 2.45) is 11.8 Å². The monoisotopic (exact) mass is 181 g/mol.